The Bertz CT molecular complexity index is 635. The largest absolute Gasteiger partial charge is 0.327 e. The molecule has 1 unspecified atom stereocenters. The van der Waals surface area contributed by atoms with Gasteiger partial charge in [0, 0.05) is 29.7 Å². The van der Waals surface area contributed by atoms with Crippen LogP contribution in [0.1, 0.15) is 12.8 Å². The molecule has 1 heterocycles. The van der Waals surface area contributed by atoms with Crippen LogP contribution in [-0.2, 0) is 10.0 Å². The highest BCUT2D eigenvalue weighted by Crippen LogP contribution is 2.30. The molecule has 9 heteroatoms. The van der Waals surface area contributed by atoms with Gasteiger partial charge in [0.25, 0.3) is 5.69 Å². The highest BCUT2D eigenvalue weighted by molar-refractivity contribution is 9.10. The van der Waals surface area contributed by atoms with Crippen molar-refractivity contribution in [1.82, 2.24) is 4.31 Å². The molecule has 1 saturated heterocycles. The Hall–Kier alpha value is -1.03. The summed E-state index contributed by atoms with van der Waals surface area (Å²) in [7, 11) is -3.91. The molecule has 110 valence electrons. The summed E-state index contributed by atoms with van der Waals surface area (Å²) in [6, 6.07) is 3.65. The second kappa shape index (κ2) is 5.76. The fourth-order valence-electron chi connectivity index (χ4n) is 2.18. The van der Waals surface area contributed by atoms with Gasteiger partial charge in [-0.15, -0.1) is 0 Å². The number of rotatable bonds is 3. The van der Waals surface area contributed by atoms with Crippen LogP contribution in [0.5, 0.6) is 0 Å². The van der Waals surface area contributed by atoms with E-state index in [2.05, 4.69) is 15.9 Å². The van der Waals surface area contributed by atoms with Crippen LogP contribution in [0, 0.1) is 10.1 Å². The number of hydrogen-bond donors (Lipinski definition) is 1. The second-order valence-corrected chi connectivity index (χ2v) is 7.46. The lowest BCUT2D eigenvalue weighted by molar-refractivity contribution is -0.387. The van der Waals surface area contributed by atoms with E-state index in [1.165, 1.54) is 22.5 Å². The SMILES string of the molecule is NC1CCCN(S(=O)(=O)c2cc(Br)ccc2[N+](=O)[O-])C1. The summed E-state index contributed by atoms with van der Waals surface area (Å²) in [6.07, 6.45) is 1.41. The van der Waals surface area contributed by atoms with E-state index in [4.69, 9.17) is 5.73 Å². The van der Waals surface area contributed by atoms with Gasteiger partial charge in [-0.1, -0.05) is 15.9 Å². The minimum Gasteiger partial charge on any atom is -0.327 e. The number of nitrogens with zero attached hydrogens (tertiary/aromatic N) is 2. The summed E-state index contributed by atoms with van der Waals surface area (Å²) in [4.78, 5) is 10.0. The van der Waals surface area contributed by atoms with Gasteiger partial charge in [-0.05, 0) is 25.0 Å². The molecule has 1 atom stereocenters. The summed E-state index contributed by atoms with van der Waals surface area (Å²) in [6.45, 7) is 0.520. The number of hydrogen-bond acceptors (Lipinski definition) is 5. The number of halogens is 1. The highest BCUT2D eigenvalue weighted by atomic mass is 79.9. The van der Waals surface area contributed by atoms with Gasteiger partial charge >= 0.3 is 0 Å². The summed E-state index contributed by atoms with van der Waals surface area (Å²) >= 11 is 3.14. The zero-order valence-electron chi connectivity index (χ0n) is 10.5. The zero-order valence-corrected chi connectivity index (χ0v) is 12.9. The third-order valence-electron chi connectivity index (χ3n) is 3.16. The van der Waals surface area contributed by atoms with Crippen LogP contribution in [0.15, 0.2) is 27.6 Å². The van der Waals surface area contributed by atoms with Gasteiger partial charge in [0.15, 0.2) is 4.90 Å². The van der Waals surface area contributed by atoms with Crippen molar-refractivity contribution in [2.75, 3.05) is 13.1 Å². The number of nitro benzene ring substituents is 1. The van der Waals surface area contributed by atoms with Gasteiger partial charge in [0.1, 0.15) is 0 Å². The molecule has 0 aliphatic carbocycles. The fourth-order valence-corrected chi connectivity index (χ4v) is 4.41. The third-order valence-corrected chi connectivity index (χ3v) is 5.54. The lowest BCUT2D eigenvalue weighted by atomic mass is 10.1. The number of benzene rings is 1. The van der Waals surface area contributed by atoms with Gasteiger partial charge in [-0.25, -0.2) is 8.42 Å². The zero-order chi connectivity index (χ0) is 14.9. The van der Waals surface area contributed by atoms with Gasteiger partial charge in [0.05, 0.1) is 4.92 Å². The minimum absolute atomic E-state index is 0.187. The molecule has 7 nitrogen and oxygen atoms in total. The molecular weight excluding hydrogens is 350 g/mol. The van der Waals surface area contributed by atoms with Crippen LogP contribution in [0.3, 0.4) is 0 Å². The Balaban J connectivity index is 2.48. The maximum atomic E-state index is 12.6. The van der Waals surface area contributed by atoms with Crippen molar-refractivity contribution >= 4 is 31.6 Å². The van der Waals surface area contributed by atoms with E-state index in [-0.39, 0.29) is 17.5 Å². The molecule has 0 bridgehead atoms. The van der Waals surface area contributed by atoms with Gasteiger partial charge < -0.3 is 5.73 Å². The van der Waals surface area contributed by atoms with Crippen LogP contribution in [0.2, 0.25) is 0 Å². The van der Waals surface area contributed by atoms with E-state index in [0.29, 0.717) is 17.4 Å². The Morgan fingerprint density at radius 2 is 2.15 bits per heavy atom. The highest BCUT2D eigenvalue weighted by Gasteiger charge is 2.34. The number of nitro groups is 1. The van der Waals surface area contributed by atoms with Crippen LogP contribution in [0.4, 0.5) is 5.69 Å². The summed E-state index contributed by atoms with van der Waals surface area (Å²) in [5.41, 5.74) is 5.35. The summed E-state index contributed by atoms with van der Waals surface area (Å²) in [5.74, 6) is 0. The third kappa shape index (κ3) is 3.00. The van der Waals surface area contributed by atoms with Crippen molar-refractivity contribution in [3.05, 3.63) is 32.8 Å². The number of piperidine rings is 1. The second-order valence-electron chi connectivity index (χ2n) is 4.63. The van der Waals surface area contributed by atoms with Crippen molar-refractivity contribution < 1.29 is 13.3 Å². The maximum Gasteiger partial charge on any atom is 0.289 e. The van der Waals surface area contributed by atoms with Crippen molar-refractivity contribution in [2.45, 2.75) is 23.8 Å². The molecule has 2 rings (SSSR count). The van der Waals surface area contributed by atoms with Crippen molar-refractivity contribution in [1.29, 1.82) is 0 Å². The maximum absolute atomic E-state index is 12.6. The molecule has 0 spiro atoms. The quantitative estimate of drug-likeness (QED) is 0.646. The van der Waals surface area contributed by atoms with Crippen LogP contribution in [-0.4, -0.2) is 36.8 Å². The minimum atomic E-state index is -3.91. The van der Waals surface area contributed by atoms with Gasteiger partial charge in [-0.2, -0.15) is 4.31 Å². The number of nitrogens with two attached hydrogens (primary N) is 1. The lowest BCUT2D eigenvalue weighted by Crippen LogP contribution is -2.45. The molecule has 1 aliphatic rings. The molecule has 2 N–H and O–H groups in total. The van der Waals surface area contributed by atoms with E-state index < -0.39 is 20.6 Å². The Morgan fingerprint density at radius 3 is 2.75 bits per heavy atom. The molecule has 0 amide bonds. The molecule has 1 aromatic carbocycles. The first-order valence-corrected chi connectivity index (χ1v) is 8.25. The van der Waals surface area contributed by atoms with Gasteiger partial charge in [0.2, 0.25) is 10.0 Å². The molecule has 1 aromatic rings. The summed E-state index contributed by atoms with van der Waals surface area (Å²) in [5, 5.41) is 11.0. The summed E-state index contributed by atoms with van der Waals surface area (Å²) < 4.78 is 26.8. The van der Waals surface area contributed by atoms with Crippen molar-refractivity contribution in [2.24, 2.45) is 5.73 Å². The molecule has 0 aromatic heterocycles. The van der Waals surface area contributed by atoms with Crippen molar-refractivity contribution in [3.63, 3.8) is 0 Å². The first kappa shape index (κ1) is 15.4. The van der Waals surface area contributed by atoms with E-state index in [9.17, 15) is 18.5 Å². The molecule has 0 saturated carbocycles. The molecule has 1 fully saturated rings. The van der Waals surface area contributed by atoms with Gasteiger partial charge in [-0.3, -0.25) is 10.1 Å². The molecule has 0 radical (unpaired) electrons. The Morgan fingerprint density at radius 1 is 1.45 bits per heavy atom. The first-order chi connectivity index (χ1) is 9.32. The lowest BCUT2D eigenvalue weighted by Gasteiger charge is -2.29. The van der Waals surface area contributed by atoms with E-state index in [1.54, 1.807) is 0 Å². The first-order valence-electron chi connectivity index (χ1n) is 6.02. The predicted molar refractivity (Wildman–Crippen MR) is 76.8 cm³/mol. The number of sulfonamides is 1. The smallest absolute Gasteiger partial charge is 0.289 e. The Kier molecular flexibility index (Phi) is 4.43. The van der Waals surface area contributed by atoms with E-state index in [0.717, 1.165) is 6.42 Å². The van der Waals surface area contributed by atoms with Crippen molar-refractivity contribution in [3.8, 4) is 0 Å². The van der Waals surface area contributed by atoms with E-state index >= 15 is 0 Å². The standard InChI is InChI=1S/C11H14BrN3O4S/c12-8-3-4-10(15(16)17)11(6-8)20(18,19)14-5-1-2-9(13)7-14/h3-4,6,9H,1-2,5,7,13H2. The van der Waals surface area contributed by atoms with E-state index in [1.807, 2.05) is 0 Å². The van der Waals surface area contributed by atoms with Crippen LogP contribution in [0.25, 0.3) is 0 Å². The predicted octanol–water partition coefficient (Wildman–Crippen LogP) is 1.47. The Labute approximate surface area is 125 Å². The average Bonchev–Trinajstić information content (AvgIpc) is 2.38. The topological polar surface area (TPSA) is 107 Å². The monoisotopic (exact) mass is 363 g/mol. The van der Waals surface area contributed by atoms with Crippen LogP contribution >= 0.6 is 15.9 Å². The fraction of sp³-hybridized carbons (Fsp3) is 0.455. The molecular formula is C11H14BrN3O4S. The normalized spacial score (nSPS) is 20.8. The molecule has 1 aliphatic heterocycles. The van der Waals surface area contributed by atoms with Crippen LogP contribution < -0.4 is 5.73 Å². The molecule has 20 heavy (non-hydrogen) atoms. The average molecular weight is 364 g/mol.